The lowest BCUT2D eigenvalue weighted by Crippen LogP contribution is -2.45. The Kier molecular flexibility index (Phi) is 4.86. The molecule has 0 saturated carbocycles. The first-order chi connectivity index (χ1) is 14.2. The molecule has 3 N–H and O–H groups in total. The second-order valence-electron chi connectivity index (χ2n) is 8.47. The molecule has 2 aromatic carbocycles. The normalized spacial score (nSPS) is 23.0. The fourth-order valence-electron chi connectivity index (χ4n) is 5.01. The van der Waals surface area contributed by atoms with E-state index in [9.17, 15) is 4.79 Å². The largest absolute Gasteiger partial charge is 0.351 e. The monoisotopic (exact) mass is 388 g/mol. The van der Waals surface area contributed by atoms with Gasteiger partial charge < -0.3 is 9.88 Å². The minimum atomic E-state index is 0.118. The van der Waals surface area contributed by atoms with Crippen molar-refractivity contribution in [2.45, 2.75) is 31.7 Å². The van der Waals surface area contributed by atoms with E-state index in [0.717, 1.165) is 43.4 Å². The van der Waals surface area contributed by atoms with Crippen molar-refractivity contribution in [2.75, 3.05) is 19.6 Å². The number of para-hydroxylation sites is 1. The molecule has 2 aliphatic heterocycles. The molecule has 2 saturated heterocycles. The number of carbonyl (C=O) groups is 1. The van der Waals surface area contributed by atoms with E-state index in [1.807, 2.05) is 35.2 Å². The molecule has 0 radical (unpaired) electrons. The molecular weight excluding hydrogens is 360 g/mol. The van der Waals surface area contributed by atoms with Crippen molar-refractivity contribution in [2.24, 2.45) is 5.92 Å². The number of hydrogen-bond donors (Lipinski definition) is 3. The Morgan fingerprint density at radius 1 is 1.03 bits per heavy atom. The summed E-state index contributed by atoms with van der Waals surface area (Å²) in [5.74, 6) is 1.17. The summed E-state index contributed by atoms with van der Waals surface area (Å²) in [5.41, 5.74) is 11.3. The summed E-state index contributed by atoms with van der Waals surface area (Å²) in [7, 11) is 0. The van der Waals surface area contributed by atoms with Crippen LogP contribution < -0.4 is 10.9 Å². The van der Waals surface area contributed by atoms with Gasteiger partial charge in [-0.15, -0.1) is 0 Å². The molecule has 2 unspecified atom stereocenters. The van der Waals surface area contributed by atoms with Gasteiger partial charge in [0.2, 0.25) is 0 Å². The average Bonchev–Trinajstić information content (AvgIpc) is 3.40. The highest BCUT2D eigenvalue weighted by molar-refractivity contribution is 5.98. The van der Waals surface area contributed by atoms with Crippen molar-refractivity contribution < 1.29 is 4.79 Å². The van der Waals surface area contributed by atoms with Crippen LogP contribution in [-0.2, 0) is 0 Å². The number of nitrogens with one attached hydrogen (secondary N) is 3. The van der Waals surface area contributed by atoms with E-state index in [4.69, 9.17) is 0 Å². The Morgan fingerprint density at radius 3 is 2.66 bits per heavy atom. The highest BCUT2D eigenvalue weighted by Crippen LogP contribution is 2.33. The summed E-state index contributed by atoms with van der Waals surface area (Å²) in [6.07, 6.45) is 2.07. The number of rotatable bonds is 3. The zero-order chi connectivity index (χ0) is 19.8. The van der Waals surface area contributed by atoms with Gasteiger partial charge in [-0.25, -0.2) is 0 Å². The van der Waals surface area contributed by atoms with Crippen LogP contribution in [0, 0.1) is 12.8 Å². The van der Waals surface area contributed by atoms with E-state index in [1.165, 1.54) is 11.1 Å². The summed E-state index contributed by atoms with van der Waals surface area (Å²) in [6.45, 7) is 4.75. The highest BCUT2D eigenvalue weighted by Gasteiger charge is 2.37. The Bertz CT molecular complexity index is 985. The highest BCUT2D eigenvalue weighted by atomic mass is 16.2. The molecule has 1 amide bonds. The Morgan fingerprint density at radius 2 is 1.86 bits per heavy atom. The molecule has 150 valence electrons. The fourth-order valence-corrected chi connectivity index (χ4v) is 5.01. The van der Waals surface area contributed by atoms with Crippen LogP contribution >= 0.6 is 0 Å². The van der Waals surface area contributed by atoms with Crippen LogP contribution in [0.4, 0.5) is 0 Å². The number of hydrogen-bond acceptors (Lipinski definition) is 3. The zero-order valence-electron chi connectivity index (χ0n) is 16.8. The van der Waals surface area contributed by atoms with Gasteiger partial charge in [0.15, 0.2) is 0 Å². The van der Waals surface area contributed by atoms with Gasteiger partial charge in [-0.1, -0.05) is 48.0 Å². The van der Waals surface area contributed by atoms with Gasteiger partial charge in [-0.05, 0) is 43.4 Å². The molecule has 2 fully saturated rings. The standard InChI is InChI=1S/C24H28N4O/c1-16-5-4-7-18(13-16)20-15-25-27-23(20)17-9-11-28(12-10-17)24(29)22-14-19-6-2-3-8-21(19)26-22/h2-8,13-14,17,20,23,25-27H,9-12,15H2,1H3. The summed E-state index contributed by atoms with van der Waals surface area (Å²) >= 11 is 0. The summed E-state index contributed by atoms with van der Waals surface area (Å²) < 4.78 is 0. The van der Waals surface area contributed by atoms with Gasteiger partial charge >= 0.3 is 0 Å². The lowest BCUT2D eigenvalue weighted by molar-refractivity contribution is 0.0665. The SMILES string of the molecule is Cc1cccc(C2CNNC2C2CCN(C(=O)c3cc4ccccc4[nH]3)CC2)c1. The molecule has 0 aliphatic carbocycles. The number of amides is 1. The van der Waals surface area contributed by atoms with E-state index in [1.54, 1.807) is 0 Å². The van der Waals surface area contributed by atoms with E-state index < -0.39 is 0 Å². The van der Waals surface area contributed by atoms with Gasteiger partial charge in [0.25, 0.3) is 5.91 Å². The number of likely N-dealkylation sites (tertiary alicyclic amines) is 1. The van der Waals surface area contributed by atoms with Gasteiger partial charge in [-0.3, -0.25) is 15.6 Å². The van der Waals surface area contributed by atoms with E-state index >= 15 is 0 Å². The first-order valence-electron chi connectivity index (χ1n) is 10.6. The fraction of sp³-hybridized carbons (Fsp3) is 0.375. The van der Waals surface area contributed by atoms with Gasteiger partial charge in [0, 0.05) is 42.5 Å². The minimum absolute atomic E-state index is 0.118. The van der Waals surface area contributed by atoms with Crippen molar-refractivity contribution in [3.8, 4) is 0 Å². The molecule has 5 nitrogen and oxygen atoms in total. The van der Waals surface area contributed by atoms with Crippen LogP contribution in [0.3, 0.4) is 0 Å². The third-order valence-electron chi connectivity index (χ3n) is 6.59. The third kappa shape index (κ3) is 3.56. The molecule has 5 heteroatoms. The maximum absolute atomic E-state index is 13.0. The number of hydrazine groups is 1. The van der Waals surface area contributed by atoms with E-state index in [0.29, 0.717) is 23.6 Å². The van der Waals surface area contributed by atoms with Crippen LogP contribution in [0.25, 0.3) is 10.9 Å². The number of aromatic nitrogens is 1. The van der Waals surface area contributed by atoms with Crippen LogP contribution in [-0.4, -0.2) is 41.5 Å². The van der Waals surface area contributed by atoms with Crippen molar-refractivity contribution >= 4 is 16.8 Å². The number of carbonyl (C=O) groups excluding carboxylic acids is 1. The van der Waals surface area contributed by atoms with Gasteiger partial charge in [0.05, 0.1) is 0 Å². The lowest BCUT2D eigenvalue weighted by Gasteiger charge is -2.36. The molecule has 5 rings (SSSR count). The summed E-state index contributed by atoms with van der Waals surface area (Å²) in [5, 5.41) is 1.09. The number of fused-ring (bicyclic) bond motifs is 1. The Balaban J connectivity index is 1.25. The maximum atomic E-state index is 13.0. The zero-order valence-corrected chi connectivity index (χ0v) is 16.8. The average molecular weight is 389 g/mol. The molecular formula is C24H28N4O. The molecule has 1 aromatic heterocycles. The lowest BCUT2D eigenvalue weighted by atomic mass is 9.80. The number of H-pyrrole nitrogens is 1. The van der Waals surface area contributed by atoms with Gasteiger partial charge in [-0.2, -0.15) is 0 Å². The molecule has 3 heterocycles. The molecule has 29 heavy (non-hydrogen) atoms. The number of nitrogens with zero attached hydrogens (tertiary/aromatic N) is 1. The third-order valence-corrected chi connectivity index (χ3v) is 6.59. The number of aromatic amines is 1. The van der Waals surface area contributed by atoms with Crippen molar-refractivity contribution in [1.29, 1.82) is 0 Å². The predicted octanol–water partition coefficient (Wildman–Crippen LogP) is 3.59. The van der Waals surface area contributed by atoms with Crippen LogP contribution in [0.1, 0.15) is 40.4 Å². The predicted molar refractivity (Wildman–Crippen MR) is 116 cm³/mol. The maximum Gasteiger partial charge on any atom is 0.270 e. The molecule has 3 aromatic rings. The summed E-state index contributed by atoms with van der Waals surface area (Å²) in [6, 6.07) is 19.3. The van der Waals surface area contributed by atoms with E-state index in [2.05, 4.69) is 47.0 Å². The van der Waals surface area contributed by atoms with Gasteiger partial charge in [0.1, 0.15) is 5.69 Å². The van der Waals surface area contributed by atoms with Crippen LogP contribution in [0.2, 0.25) is 0 Å². The Labute approximate surface area is 171 Å². The van der Waals surface area contributed by atoms with Crippen molar-refractivity contribution in [3.05, 3.63) is 71.4 Å². The van der Waals surface area contributed by atoms with Crippen molar-refractivity contribution in [1.82, 2.24) is 20.7 Å². The second-order valence-corrected chi connectivity index (χ2v) is 8.47. The number of benzene rings is 2. The smallest absolute Gasteiger partial charge is 0.270 e. The first kappa shape index (κ1) is 18.4. The topological polar surface area (TPSA) is 60.2 Å². The Hall–Kier alpha value is -2.63. The second kappa shape index (κ2) is 7.65. The number of piperidine rings is 1. The van der Waals surface area contributed by atoms with Crippen LogP contribution in [0.15, 0.2) is 54.6 Å². The molecule has 0 bridgehead atoms. The molecule has 2 aliphatic rings. The first-order valence-corrected chi connectivity index (χ1v) is 10.6. The minimum Gasteiger partial charge on any atom is -0.351 e. The van der Waals surface area contributed by atoms with Crippen LogP contribution in [0.5, 0.6) is 0 Å². The molecule has 0 spiro atoms. The van der Waals surface area contributed by atoms with E-state index in [-0.39, 0.29) is 5.91 Å². The quantitative estimate of drug-likeness (QED) is 0.643. The van der Waals surface area contributed by atoms with Crippen molar-refractivity contribution in [3.63, 3.8) is 0 Å². The number of aryl methyl sites for hydroxylation is 1. The molecule has 2 atom stereocenters. The summed E-state index contributed by atoms with van der Waals surface area (Å²) in [4.78, 5) is 18.3.